The summed E-state index contributed by atoms with van der Waals surface area (Å²) in [6.45, 7) is 0.137. The number of ether oxygens (including phenoxy) is 1. The van der Waals surface area contributed by atoms with E-state index >= 15 is 0 Å². The van der Waals surface area contributed by atoms with Crippen LogP contribution in [-0.4, -0.2) is 45.4 Å². The van der Waals surface area contributed by atoms with Gasteiger partial charge in [-0.25, -0.2) is 4.79 Å². The summed E-state index contributed by atoms with van der Waals surface area (Å²) < 4.78 is 48.6. The molecule has 0 radical (unpaired) electrons. The van der Waals surface area contributed by atoms with Crippen LogP contribution in [0, 0.1) is 17.5 Å². The number of hydrogen-bond acceptors (Lipinski definition) is 6. The van der Waals surface area contributed by atoms with E-state index in [1.54, 1.807) is 6.07 Å². The molecule has 10 nitrogen and oxygen atoms in total. The SMILES string of the molecule is CN(CCN)C(=O)n1nc(Cn2ccc(C(F)(F)F)c(Oc3cc(Cl)cc(C#N)c3)c2=O)c2ccc#[n+]c21. The Morgan fingerprint density at radius 2 is 2.11 bits per heavy atom. The number of fused-ring (bicyclic) bond motifs is 1. The standard InChI is InChI=1S/C24H18ClF3N7O3/c1-33(8-5-29)23(37)35-21-17(3-2-6-31-21)19(32-35)13-34-7-4-18(24(26,27)28)20(22(34)36)38-16-10-14(12-30)9-15(25)11-16/h2-4,7,9-11H,5,8,13,29H2,1H3/q+1. The fourth-order valence-corrected chi connectivity index (χ4v) is 3.85. The van der Waals surface area contributed by atoms with Gasteiger partial charge < -0.3 is 19.9 Å². The molecule has 0 spiro atoms. The zero-order chi connectivity index (χ0) is 27.6. The number of nitrogens with zero attached hydrogens (tertiary/aromatic N) is 6. The van der Waals surface area contributed by atoms with Crippen LogP contribution < -0.4 is 21.0 Å². The van der Waals surface area contributed by atoms with E-state index in [9.17, 15) is 22.8 Å². The van der Waals surface area contributed by atoms with E-state index in [1.807, 2.05) is 6.07 Å². The lowest BCUT2D eigenvalue weighted by molar-refractivity contribution is -0.263. The van der Waals surface area contributed by atoms with Crippen LogP contribution in [0.15, 0.2) is 47.4 Å². The van der Waals surface area contributed by atoms with E-state index in [0.717, 1.165) is 21.5 Å². The molecule has 2 N–H and O–H groups in total. The molecule has 3 aromatic heterocycles. The van der Waals surface area contributed by atoms with E-state index < -0.39 is 29.1 Å². The number of likely N-dealkylation sites (N-methyl/N-ethyl adjacent to an activating group) is 1. The molecule has 3 heterocycles. The second-order valence-corrected chi connectivity index (χ2v) is 8.48. The van der Waals surface area contributed by atoms with E-state index in [4.69, 9.17) is 27.3 Å². The molecule has 14 heteroatoms. The summed E-state index contributed by atoms with van der Waals surface area (Å²) in [6.07, 6.45) is -1.36. The summed E-state index contributed by atoms with van der Waals surface area (Å²) in [4.78, 5) is 31.5. The van der Waals surface area contributed by atoms with Crippen LogP contribution in [0.1, 0.15) is 16.8 Å². The lowest BCUT2D eigenvalue weighted by atomic mass is 10.2. The molecule has 194 valence electrons. The lowest BCUT2D eigenvalue weighted by Gasteiger charge is -2.15. The number of aromatic nitrogens is 4. The van der Waals surface area contributed by atoms with Gasteiger partial charge in [-0.15, -0.1) is 0 Å². The van der Waals surface area contributed by atoms with E-state index in [1.165, 1.54) is 30.1 Å². The molecule has 0 fully saturated rings. The molecule has 0 bridgehead atoms. The van der Waals surface area contributed by atoms with Gasteiger partial charge in [0.2, 0.25) is 5.75 Å². The van der Waals surface area contributed by atoms with Gasteiger partial charge in [0.15, 0.2) is 6.20 Å². The summed E-state index contributed by atoms with van der Waals surface area (Å²) >= 11 is 5.93. The number of benzene rings is 1. The molecule has 1 aromatic carbocycles. The van der Waals surface area contributed by atoms with Crippen LogP contribution >= 0.6 is 11.6 Å². The Balaban J connectivity index is 1.80. The summed E-state index contributed by atoms with van der Waals surface area (Å²) in [5, 5.41) is 13.8. The first kappa shape index (κ1) is 26.5. The summed E-state index contributed by atoms with van der Waals surface area (Å²) in [7, 11) is 1.52. The quantitative estimate of drug-likeness (QED) is 0.394. The highest BCUT2D eigenvalue weighted by Gasteiger charge is 2.37. The first-order valence-corrected chi connectivity index (χ1v) is 11.3. The van der Waals surface area contributed by atoms with Crippen molar-refractivity contribution in [1.29, 1.82) is 5.26 Å². The van der Waals surface area contributed by atoms with Crippen molar-refractivity contribution >= 4 is 28.7 Å². The molecule has 0 saturated carbocycles. The maximum absolute atomic E-state index is 13.8. The molecule has 1 amide bonds. The van der Waals surface area contributed by atoms with Gasteiger partial charge >= 0.3 is 17.9 Å². The third-order valence-electron chi connectivity index (χ3n) is 5.41. The molecule has 4 rings (SSSR count). The molecule has 0 aliphatic rings. The van der Waals surface area contributed by atoms with Gasteiger partial charge in [-0.3, -0.25) is 4.79 Å². The predicted octanol–water partition coefficient (Wildman–Crippen LogP) is 2.84. The Morgan fingerprint density at radius 1 is 1.34 bits per heavy atom. The predicted molar refractivity (Wildman–Crippen MR) is 128 cm³/mol. The molecular formula is C24H18ClF3N7O3+. The first-order valence-electron chi connectivity index (χ1n) is 10.9. The fraction of sp³-hybridized carbons (Fsp3) is 0.208. The van der Waals surface area contributed by atoms with Crippen molar-refractivity contribution in [3.05, 3.63) is 81.0 Å². The monoisotopic (exact) mass is 544 g/mol. The Bertz CT molecular complexity index is 1630. The molecule has 0 aliphatic heterocycles. The van der Waals surface area contributed by atoms with Crippen LogP contribution in [0.3, 0.4) is 0 Å². The van der Waals surface area contributed by atoms with E-state index in [2.05, 4.69) is 16.3 Å². The van der Waals surface area contributed by atoms with Crippen LogP contribution in [-0.2, 0) is 12.7 Å². The van der Waals surface area contributed by atoms with Gasteiger partial charge in [0.1, 0.15) is 22.4 Å². The zero-order valence-corrected chi connectivity index (χ0v) is 20.4. The van der Waals surface area contributed by atoms with Gasteiger partial charge in [0.25, 0.3) is 5.56 Å². The van der Waals surface area contributed by atoms with Crippen molar-refractivity contribution in [2.45, 2.75) is 12.7 Å². The van der Waals surface area contributed by atoms with Crippen molar-refractivity contribution in [3.8, 4) is 17.6 Å². The van der Waals surface area contributed by atoms with Crippen molar-refractivity contribution in [1.82, 2.24) is 19.2 Å². The zero-order valence-electron chi connectivity index (χ0n) is 19.7. The normalized spacial score (nSPS) is 11.2. The topological polar surface area (TPSA) is 133 Å². The van der Waals surface area contributed by atoms with Crippen molar-refractivity contribution in [3.63, 3.8) is 0 Å². The number of rotatable bonds is 6. The molecule has 0 aliphatic carbocycles. The van der Waals surface area contributed by atoms with E-state index in [0.29, 0.717) is 11.5 Å². The number of carbonyl (C=O) groups excluding carboxylic acids is 1. The number of pyridine rings is 1. The number of alkyl halides is 3. The number of halogens is 4. The van der Waals surface area contributed by atoms with Gasteiger partial charge in [-0.05, 0) is 35.0 Å². The number of carbonyl (C=O) groups is 1. The minimum absolute atomic E-state index is 0.0305. The van der Waals surface area contributed by atoms with Gasteiger partial charge in [0.05, 0.1) is 18.2 Å². The first-order chi connectivity index (χ1) is 18.0. The van der Waals surface area contributed by atoms with Crippen molar-refractivity contribution < 1.29 is 27.7 Å². The highest BCUT2D eigenvalue weighted by molar-refractivity contribution is 6.30. The molecule has 0 saturated heterocycles. The maximum Gasteiger partial charge on any atom is 0.438 e. The number of hydrogen-bond donors (Lipinski definition) is 1. The van der Waals surface area contributed by atoms with Crippen LogP contribution in [0.5, 0.6) is 11.5 Å². The van der Waals surface area contributed by atoms with Crippen molar-refractivity contribution in [2.75, 3.05) is 20.1 Å². The van der Waals surface area contributed by atoms with Gasteiger partial charge in [-0.1, -0.05) is 16.7 Å². The lowest BCUT2D eigenvalue weighted by Crippen LogP contribution is -2.36. The molecule has 0 unspecified atom stereocenters. The molecule has 4 aromatic rings. The Labute approximate surface area is 218 Å². The average molecular weight is 545 g/mol. The van der Waals surface area contributed by atoms with Gasteiger partial charge in [0, 0.05) is 37.4 Å². The molecular weight excluding hydrogens is 527 g/mol. The Kier molecular flexibility index (Phi) is 7.26. The highest BCUT2D eigenvalue weighted by Crippen LogP contribution is 2.36. The Hall–Kier alpha value is -4.59. The third kappa shape index (κ3) is 5.25. The van der Waals surface area contributed by atoms with Crippen LogP contribution in [0.2, 0.25) is 5.02 Å². The second-order valence-electron chi connectivity index (χ2n) is 8.04. The number of nitriles is 1. The van der Waals surface area contributed by atoms with Crippen LogP contribution in [0.25, 0.3) is 11.0 Å². The highest BCUT2D eigenvalue weighted by atomic mass is 35.5. The average Bonchev–Trinajstić information content (AvgIpc) is 3.23. The largest absolute Gasteiger partial charge is 0.451 e. The van der Waals surface area contributed by atoms with Crippen LogP contribution in [0.4, 0.5) is 18.0 Å². The third-order valence-corrected chi connectivity index (χ3v) is 5.63. The molecule has 0 atom stereocenters. The van der Waals surface area contributed by atoms with Crippen molar-refractivity contribution in [2.24, 2.45) is 5.73 Å². The van der Waals surface area contributed by atoms with Gasteiger partial charge in [-0.2, -0.15) is 23.4 Å². The molecule has 38 heavy (non-hydrogen) atoms. The summed E-state index contributed by atoms with van der Waals surface area (Å²) in [5.41, 5.74) is 3.45. The minimum atomic E-state index is -4.92. The minimum Gasteiger partial charge on any atom is -0.451 e. The second kappa shape index (κ2) is 10.4. The smallest absolute Gasteiger partial charge is 0.438 e. The number of amides is 1. The fourth-order valence-electron chi connectivity index (χ4n) is 3.63. The summed E-state index contributed by atoms with van der Waals surface area (Å²) in [6, 6.07) is 8.64. The number of nitrogens with two attached hydrogens (primary N) is 1. The maximum atomic E-state index is 13.8. The Morgan fingerprint density at radius 3 is 2.79 bits per heavy atom. The van der Waals surface area contributed by atoms with E-state index in [-0.39, 0.29) is 47.3 Å². The summed E-state index contributed by atoms with van der Waals surface area (Å²) in [5.74, 6) is -1.24.